The number of fused-ring (bicyclic) bond motifs is 1. The molecule has 1 atom stereocenters. The van der Waals surface area contributed by atoms with Gasteiger partial charge in [0.05, 0.1) is 12.2 Å². The maximum atomic E-state index is 13.6. The maximum Gasteiger partial charge on any atom is 0.255 e. The van der Waals surface area contributed by atoms with Crippen LogP contribution in [0.5, 0.6) is 11.5 Å². The summed E-state index contributed by atoms with van der Waals surface area (Å²) < 4.78 is 14.7. The molecular weight excluding hydrogens is 548 g/mol. The first-order valence-corrected chi connectivity index (χ1v) is 13.0. The van der Waals surface area contributed by atoms with E-state index in [1.54, 1.807) is 4.68 Å². The van der Waals surface area contributed by atoms with Crippen molar-refractivity contribution in [3.8, 4) is 11.5 Å². The summed E-state index contributed by atoms with van der Waals surface area (Å²) >= 11 is 3.45. The molecule has 1 aliphatic rings. The molecule has 0 spiro atoms. The minimum Gasteiger partial charge on any atom is -0.490 e. The van der Waals surface area contributed by atoms with Crippen molar-refractivity contribution in [3.63, 3.8) is 0 Å². The first kappa shape index (κ1) is 25.5. The average molecular weight is 575 g/mol. The summed E-state index contributed by atoms with van der Waals surface area (Å²) in [5.41, 5.74) is 4.79. The molecule has 1 amide bonds. The molecule has 5 rings (SSSR count). The molecule has 1 aromatic heterocycles. The number of anilines is 2. The number of nitrogens with zero attached hydrogens (tertiary/aromatic N) is 4. The predicted molar refractivity (Wildman–Crippen MR) is 148 cm³/mol. The SMILES string of the molecule is CCOc1cc(C2C(C(=O)Nc3ccc(C)cc3)=C(C)Nc3nnnn32)ccc1OCc1ccc(Br)cc1. The Labute approximate surface area is 229 Å². The van der Waals surface area contributed by atoms with E-state index in [1.165, 1.54) is 0 Å². The Morgan fingerprint density at radius 1 is 1.03 bits per heavy atom. The van der Waals surface area contributed by atoms with E-state index in [4.69, 9.17) is 9.47 Å². The summed E-state index contributed by atoms with van der Waals surface area (Å²) in [6, 6.07) is 20.7. The fourth-order valence-corrected chi connectivity index (χ4v) is 4.54. The quantitative estimate of drug-likeness (QED) is 0.280. The summed E-state index contributed by atoms with van der Waals surface area (Å²) in [6.07, 6.45) is 0. The molecule has 38 heavy (non-hydrogen) atoms. The van der Waals surface area contributed by atoms with Gasteiger partial charge in [0.1, 0.15) is 12.6 Å². The van der Waals surface area contributed by atoms with Gasteiger partial charge in [0, 0.05) is 15.9 Å². The number of benzene rings is 3. The second-order valence-electron chi connectivity index (χ2n) is 8.89. The molecule has 2 heterocycles. The number of ether oxygens (including phenoxy) is 2. The van der Waals surface area contributed by atoms with Gasteiger partial charge < -0.3 is 20.1 Å². The van der Waals surface area contributed by atoms with Crippen LogP contribution >= 0.6 is 15.9 Å². The summed E-state index contributed by atoms with van der Waals surface area (Å²) in [6.45, 7) is 6.60. The number of nitrogens with one attached hydrogen (secondary N) is 2. The Kier molecular flexibility index (Phi) is 7.41. The Morgan fingerprint density at radius 2 is 1.79 bits per heavy atom. The highest BCUT2D eigenvalue weighted by molar-refractivity contribution is 9.10. The van der Waals surface area contributed by atoms with Gasteiger partial charge in [-0.25, -0.2) is 0 Å². The molecule has 1 aliphatic heterocycles. The van der Waals surface area contributed by atoms with Gasteiger partial charge in [-0.05, 0) is 78.7 Å². The zero-order valence-corrected chi connectivity index (χ0v) is 22.8. The fourth-order valence-electron chi connectivity index (χ4n) is 4.27. The Bertz CT molecular complexity index is 1480. The second kappa shape index (κ2) is 11.1. The lowest BCUT2D eigenvalue weighted by Crippen LogP contribution is -2.31. The lowest BCUT2D eigenvalue weighted by molar-refractivity contribution is -0.113. The molecular formula is C28H27BrN6O3. The summed E-state index contributed by atoms with van der Waals surface area (Å²) in [4.78, 5) is 13.6. The Balaban J connectivity index is 1.48. The standard InChI is InChI=1S/C28H27BrN6O3/c1-4-37-24-15-20(9-14-23(24)38-16-19-7-10-21(29)11-8-19)26-25(18(3)30-28-32-33-34-35(26)28)27(36)31-22-12-5-17(2)6-13-22/h5-15,26H,4,16H2,1-3H3,(H,31,36)(H,30,32,34). The van der Waals surface area contributed by atoms with Gasteiger partial charge in [-0.3, -0.25) is 4.79 Å². The zero-order valence-electron chi connectivity index (χ0n) is 21.2. The van der Waals surface area contributed by atoms with E-state index in [9.17, 15) is 4.79 Å². The third-order valence-electron chi connectivity index (χ3n) is 6.16. The first-order valence-electron chi connectivity index (χ1n) is 12.2. The maximum absolute atomic E-state index is 13.6. The van der Waals surface area contributed by atoms with E-state index in [0.717, 1.165) is 21.2 Å². The number of aryl methyl sites for hydroxylation is 1. The van der Waals surface area contributed by atoms with Gasteiger partial charge in [0.25, 0.3) is 5.91 Å². The van der Waals surface area contributed by atoms with Gasteiger partial charge in [0.2, 0.25) is 5.95 Å². The number of halogens is 1. The van der Waals surface area contributed by atoms with E-state index in [2.05, 4.69) is 42.1 Å². The van der Waals surface area contributed by atoms with Gasteiger partial charge in [-0.15, -0.1) is 0 Å². The van der Waals surface area contributed by atoms with Crippen molar-refractivity contribution in [2.75, 3.05) is 17.2 Å². The number of tetrazole rings is 1. The van der Waals surface area contributed by atoms with Crippen LogP contribution in [0.15, 0.2) is 82.5 Å². The van der Waals surface area contributed by atoms with Crippen LogP contribution in [0.25, 0.3) is 0 Å². The van der Waals surface area contributed by atoms with Crippen LogP contribution in [0.2, 0.25) is 0 Å². The molecule has 9 nitrogen and oxygen atoms in total. The highest BCUT2D eigenvalue weighted by atomic mass is 79.9. The number of carbonyl (C=O) groups excluding carboxylic acids is 1. The third-order valence-corrected chi connectivity index (χ3v) is 6.69. The number of hydrogen-bond donors (Lipinski definition) is 2. The molecule has 0 radical (unpaired) electrons. The van der Waals surface area contributed by atoms with Crippen LogP contribution in [0.3, 0.4) is 0 Å². The van der Waals surface area contributed by atoms with Crippen LogP contribution in [0.1, 0.15) is 36.6 Å². The van der Waals surface area contributed by atoms with E-state index in [-0.39, 0.29) is 5.91 Å². The molecule has 1 unspecified atom stereocenters. The van der Waals surface area contributed by atoms with Gasteiger partial charge in [-0.1, -0.05) is 56.9 Å². The lowest BCUT2D eigenvalue weighted by atomic mass is 9.94. The Morgan fingerprint density at radius 3 is 2.53 bits per heavy atom. The zero-order chi connectivity index (χ0) is 26.6. The van der Waals surface area contributed by atoms with E-state index in [1.807, 2.05) is 87.5 Å². The van der Waals surface area contributed by atoms with Crippen LogP contribution in [0, 0.1) is 6.92 Å². The summed E-state index contributed by atoms with van der Waals surface area (Å²) in [5.74, 6) is 1.38. The van der Waals surface area contributed by atoms with Gasteiger partial charge in [-0.2, -0.15) is 4.68 Å². The smallest absolute Gasteiger partial charge is 0.255 e. The number of amides is 1. The minimum absolute atomic E-state index is 0.251. The van der Waals surface area contributed by atoms with Crippen LogP contribution in [0.4, 0.5) is 11.6 Å². The number of aromatic nitrogens is 4. The number of hydrogen-bond acceptors (Lipinski definition) is 7. The largest absolute Gasteiger partial charge is 0.490 e. The summed E-state index contributed by atoms with van der Waals surface area (Å²) in [7, 11) is 0. The molecule has 2 N–H and O–H groups in total. The van der Waals surface area contributed by atoms with E-state index in [0.29, 0.717) is 47.6 Å². The van der Waals surface area contributed by atoms with Crippen molar-refractivity contribution in [3.05, 3.63) is 99.2 Å². The monoisotopic (exact) mass is 574 g/mol. The molecule has 0 saturated heterocycles. The molecule has 0 saturated carbocycles. The van der Waals surface area contributed by atoms with Gasteiger partial charge in [0.15, 0.2) is 11.5 Å². The topological polar surface area (TPSA) is 103 Å². The highest BCUT2D eigenvalue weighted by Crippen LogP contribution is 2.39. The van der Waals surface area contributed by atoms with Crippen molar-refractivity contribution in [2.24, 2.45) is 0 Å². The fraction of sp³-hybridized carbons (Fsp3) is 0.214. The number of rotatable bonds is 8. The molecule has 4 aromatic rings. The molecule has 3 aromatic carbocycles. The van der Waals surface area contributed by atoms with Crippen molar-refractivity contribution in [2.45, 2.75) is 33.4 Å². The van der Waals surface area contributed by atoms with Crippen molar-refractivity contribution < 1.29 is 14.3 Å². The molecule has 194 valence electrons. The van der Waals surface area contributed by atoms with E-state index < -0.39 is 6.04 Å². The number of carbonyl (C=O) groups is 1. The summed E-state index contributed by atoms with van der Waals surface area (Å²) in [5, 5.41) is 18.2. The van der Waals surface area contributed by atoms with Crippen LogP contribution in [-0.2, 0) is 11.4 Å². The normalized spacial score (nSPS) is 14.5. The average Bonchev–Trinajstić information content (AvgIpc) is 3.37. The second-order valence-corrected chi connectivity index (χ2v) is 9.80. The van der Waals surface area contributed by atoms with Crippen LogP contribution < -0.4 is 20.1 Å². The van der Waals surface area contributed by atoms with Crippen molar-refractivity contribution in [1.82, 2.24) is 20.2 Å². The highest BCUT2D eigenvalue weighted by Gasteiger charge is 2.34. The van der Waals surface area contributed by atoms with Crippen LogP contribution in [-0.4, -0.2) is 32.7 Å². The van der Waals surface area contributed by atoms with Gasteiger partial charge >= 0.3 is 0 Å². The molecule has 0 fully saturated rings. The number of allylic oxidation sites excluding steroid dienone is 1. The predicted octanol–water partition coefficient (Wildman–Crippen LogP) is 5.65. The third kappa shape index (κ3) is 5.40. The van der Waals surface area contributed by atoms with Crippen molar-refractivity contribution >= 4 is 33.5 Å². The Hall–Kier alpha value is -4.18. The molecule has 10 heteroatoms. The minimum atomic E-state index is -0.577. The van der Waals surface area contributed by atoms with E-state index >= 15 is 0 Å². The first-order chi connectivity index (χ1) is 18.4. The van der Waals surface area contributed by atoms with Crippen molar-refractivity contribution in [1.29, 1.82) is 0 Å². The molecule has 0 bridgehead atoms. The lowest BCUT2D eigenvalue weighted by Gasteiger charge is -2.28. The molecule has 0 aliphatic carbocycles.